The number of allylic oxidation sites excluding steroid dienone is 4. The van der Waals surface area contributed by atoms with E-state index >= 15 is 0 Å². The number of carbonyl (C=O) groups excluding carboxylic acids is 1. The molecule has 0 aliphatic carbocycles. The van der Waals surface area contributed by atoms with Crippen molar-refractivity contribution in [2.45, 2.75) is 142 Å². The van der Waals surface area contributed by atoms with E-state index in [-0.39, 0.29) is 19.1 Å². The van der Waals surface area contributed by atoms with Crippen LogP contribution in [0.1, 0.15) is 129 Å². The van der Waals surface area contributed by atoms with E-state index in [4.69, 9.17) is 9.05 Å². The Morgan fingerprint density at radius 2 is 1.38 bits per heavy atom. The first-order valence-electron chi connectivity index (χ1n) is 16.7. The zero-order valence-electron chi connectivity index (χ0n) is 27.7. The molecule has 0 aromatic heterocycles. The van der Waals surface area contributed by atoms with E-state index in [1.807, 2.05) is 21.1 Å². The van der Waals surface area contributed by atoms with E-state index in [9.17, 15) is 19.4 Å². The number of nitrogens with one attached hydrogen (secondary N) is 1. The highest BCUT2D eigenvalue weighted by Crippen LogP contribution is 2.43. The first-order valence-corrected chi connectivity index (χ1v) is 18.2. The average Bonchev–Trinajstić information content (AvgIpc) is 2.92. The zero-order chi connectivity index (χ0) is 31.5. The van der Waals surface area contributed by atoms with Crippen LogP contribution < -0.4 is 5.32 Å². The van der Waals surface area contributed by atoms with Crippen LogP contribution in [0.3, 0.4) is 0 Å². The molecule has 0 aromatic carbocycles. The van der Waals surface area contributed by atoms with E-state index < -0.39 is 20.0 Å². The van der Waals surface area contributed by atoms with E-state index in [1.165, 1.54) is 38.5 Å². The van der Waals surface area contributed by atoms with Gasteiger partial charge in [0.25, 0.3) is 0 Å². The number of rotatable bonds is 29. The summed E-state index contributed by atoms with van der Waals surface area (Å²) in [7, 11) is 1.59. The summed E-state index contributed by atoms with van der Waals surface area (Å²) in [5, 5.41) is 13.7. The molecule has 8 nitrogen and oxygen atoms in total. The number of aliphatic hydroxyl groups is 1. The molecule has 0 heterocycles. The van der Waals surface area contributed by atoms with Crippen LogP contribution in [-0.2, 0) is 18.4 Å². The molecule has 42 heavy (non-hydrogen) atoms. The van der Waals surface area contributed by atoms with Gasteiger partial charge < -0.3 is 19.8 Å². The minimum atomic E-state index is -4.29. The highest BCUT2D eigenvalue weighted by molar-refractivity contribution is 7.47. The van der Waals surface area contributed by atoms with Crippen molar-refractivity contribution >= 4 is 13.7 Å². The molecular weight excluding hydrogens is 551 g/mol. The molecule has 0 saturated heterocycles. The second kappa shape index (κ2) is 26.4. The second-order valence-electron chi connectivity index (χ2n) is 12.5. The highest BCUT2D eigenvalue weighted by Gasteiger charge is 2.28. The van der Waals surface area contributed by atoms with Gasteiger partial charge in [0.1, 0.15) is 13.2 Å². The number of unbranched alkanes of at least 4 members (excludes halogenated alkanes) is 12. The van der Waals surface area contributed by atoms with Gasteiger partial charge in [0.05, 0.1) is 39.9 Å². The number of phosphoric ester groups is 1. The van der Waals surface area contributed by atoms with Crippen molar-refractivity contribution in [3.05, 3.63) is 24.3 Å². The number of phosphoric acid groups is 1. The number of hydrogen-bond acceptors (Lipinski definition) is 5. The number of hydrogen-bond donors (Lipinski definition) is 3. The quantitative estimate of drug-likeness (QED) is 0.0342. The van der Waals surface area contributed by atoms with Crippen molar-refractivity contribution in [3.8, 4) is 0 Å². The molecule has 0 radical (unpaired) electrons. The van der Waals surface area contributed by atoms with Gasteiger partial charge in [0.15, 0.2) is 0 Å². The lowest BCUT2D eigenvalue weighted by Gasteiger charge is -2.26. The zero-order valence-corrected chi connectivity index (χ0v) is 28.6. The van der Waals surface area contributed by atoms with E-state index in [0.29, 0.717) is 23.9 Å². The van der Waals surface area contributed by atoms with Gasteiger partial charge >= 0.3 is 7.82 Å². The second-order valence-corrected chi connectivity index (χ2v) is 14.0. The molecule has 0 aliphatic heterocycles. The van der Waals surface area contributed by atoms with Crippen molar-refractivity contribution in [2.24, 2.45) is 0 Å². The molecular formula is C33H66N2O6P+. The lowest BCUT2D eigenvalue weighted by molar-refractivity contribution is -0.870. The third-order valence-electron chi connectivity index (χ3n) is 7.20. The maximum absolute atomic E-state index is 12.7. The Bertz CT molecular complexity index is 753. The molecule has 3 unspecified atom stereocenters. The summed E-state index contributed by atoms with van der Waals surface area (Å²) in [5.74, 6) is -0.167. The standard InChI is InChI=1S/C33H65N2O6P/c1-6-8-10-12-14-15-16-17-18-19-20-21-23-25-27-33(37)34-31(32(36)26-24-22-13-11-9-7-2)30-41-42(38,39)40-29-28-35(3,4)5/h12,14,16-17,31-32,36H,6-11,13,15,18-30H2,1-5H3,(H-,34,37,38,39)/p+1/b14-12-,17-16-. The molecule has 1 amide bonds. The van der Waals surface area contributed by atoms with Crippen molar-refractivity contribution in [3.63, 3.8) is 0 Å². The summed E-state index contributed by atoms with van der Waals surface area (Å²) < 4.78 is 23.3. The largest absolute Gasteiger partial charge is 0.472 e. The van der Waals surface area contributed by atoms with Gasteiger partial charge in [-0.1, -0.05) is 109 Å². The molecule has 0 aliphatic rings. The van der Waals surface area contributed by atoms with Gasteiger partial charge in [-0.05, 0) is 38.5 Å². The predicted molar refractivity (Wildman–Crippen MR) is 175 cm³/mol. The number of aliphatic hydroxyl groups excluding tert-OH is 1. The molecule has 3 atom stereocenters. The minimum Gasteiger partial charge on any atom is -0.391 e. The Morgan fingerprint density at radius 1 is 0.810 bits per heavy atom. The summed E-state index contributed by atoms with van der Waals surface area (Å²) in [6.45, 7) is 4.73. The molecule has 0 fully saturated rings. The third kappa shape index (κ3) is 27.8. The van der Waals surface area contributed by atoms with Crippen molar-refractivity contribution < 1.29 is 32.9 Å². The molecule has 248 valence electrons. The van der Waals surface area contributed by atoms with E-state index in [1.54, 1.807) is 0 Å². The Kier molecular flexibility index (Phi) is 25.7. The first-order chi connectivity index (χ1) is 20.0. The predicted octanol–water partition coefficient (Wildman–Crippen LogP) is 7.85. The Morgan fingerprint density at radius 3 is 2.02 bits per heavy atom. The van der Waals surface area contributed by atoms with Gasteiger partial charge in [-0.3, -0.25) is 13.8 Å². The van der Waals surface area contributed by atoms with Crippen molar-refractivity contribution in [1.82, 2.24) is 5.32 Å². The number of carbonyl (C=O) groups is 1. The monoisotopic (exact) mass is 617 g/mol. The van der Waals surface area contributed by atoms with Crippen LogP contribution in [0.4, 0.5) is 0 Å². The molecule has 3 N–H and O–H groups in total. The summed E-state index contributed by atoms with van der Waals surface area (Å²) in [5.41, 5.74) is 0. The Labute approximate surface area is 258 Å². The molecule has 0 bridgehead atoms. The van der Waals surface area contributed by atoms with Gasteiger partial charge in [-0.15, -0.1) is 0 Å². The fourth-order valence-electron chi connectivity index (χ4n) is 4.41. The highest BCUT2D eigenvalue weighted by atomic mass is 31.2. The molecule has 0 saturated carbocycles. The summed E-state index contributed by atoms with van der Waals surface area (Å²) in [6, 6.07) is -0.760. The number of amides is 1. The fraction of sp³-hybridized carbons (Fsp3) is 0.848. The van der Waals surface area contributed by atoms with E-state index in [0.717, 1.165) is 64.2 Å². The molecule has 0 aromatic rings. The van der Waals surface area contributed by atoms with Crippen LogP contribution in [0.5, 0.6) is 0 Å². The number of nitrogens with zero attached hydrogens (tertiary/aromatic N) is 1. The van der Waals surface area contributed by atoms with Gasteiger partial charge in [0, 0.05) is 6.42 Å². The van der Waals surface area contributed by atoms with Gasteiger partial charge in [-0.2, -0.15) is 0 Å². The van der Waals surface area contributed by atoms with Crippen LogP contribution in [-0.4, -0.2) is 73.4 Å². The smallest absolute Gasteiger partial charge is 0.391 e. The van der Waals surface area contributed by atoms with Crippen LogP contribution >= 0.6 is 7.82 Å². The van der Waals surface area contributed by atoms with Crippen molar-refractivity contribution in [2.75, 3.05) is 40.9 Å². The number of quaternary nitrogens is 1. The maximum Gasteiger partial charge on any atom is 0.472 e. The Hall–Kier alpha value is -1.02. The SMILES string of the molecule is CCCC/C=C\C/C=C\CCCCCCCC(=O)NC(COP(=O)(O)OCC[N+](C)(C)C)C(O)CCCCCCCC. The van der Waals surface area contributed by atoms with Gasteiger partial charge in [-0.25, -0.2) is 4.57 Å². The lowest BCUT2D eigenvalue weighted by atomic mass is 10.0. The molecule has 9 heteroatoms. The molecule has 0 rings (SSSR count). The normalized spacial score (nSPS) is 15.3. The Balaban J connectivity index is 4.46. The van der Waals surface area contributed by atoms with Crippen LogP contribution in [0.2, 0.25) is 0 Å². The summed E-state index contributed by atoms with van der Waals surface area (Å²) >= 11 is 0. The summed E-state index contributed by atoms with van der Waals surface area (Å²) in [6.07, 6.45) is 26.5. The minimum absolute atomic E-state index is 0.0708. The van der Waals surface area contributed by atoms with E-state index in [2.05, 4.69) is 43.5 Å². The van der Waals surface area contributed by atoms with Crippen LogP contribution in [0, 0.1) is 0 Å². The maximum atomic E-state index is 12.7. The topological polar surface area (TPSA) is 105 Å². The van der Waals surface area contributed by atoms with Crippen LogP contribution in [0.15, 0.2) is 24.3 Å². The van der Waals surface area contributed by atoms with Crippen molar-refractivity contribution in [1.29, 1.82) is 0 Å². The number of likely N-dealkylation sites (N-methyl/N-ethyl adjacent to an activating group) is 1. The third-order valence-corrected chi connectivity index (χ3v) is 8.19. The van der Waals surface area contributed by atoms with Gasteiger partial charge in [0.2, 0.25) is 5.91 Å². The average molecular weight is 618 g/mol. The first kappa shape index (κ1) is 41.0. The molecule has 0 spiro atoms. The fourth-order valence-corrected chi connectivity index (χ4v) is 5.15. The van der Waals surface area contributed by atoms with Crippen LogP contribution in [0.25, 0.3) is 0 Å². The lowest BCUT2D eigenvalue weighted by Crippen LogP contribution is -2.46. The summed E-state index contributed by atoms with van der Waals surface area (Å²) in [4.78, 5) is 22.8.